The minimum atomic E-state index is -0.864. The number of ether oxygens (including phenoxy) is 1. The Morgan fingerprint density at radius 2 is 2.06 bits per heavy atom. The van der Waals surface area contributed by atoms with E-state index in [1.165, 1.54) is 24.5 Å². The molecule has 0 spiro atoms. The fraction of sp³-hybridized carbons (Fsp3) is 0.280. The average molecular weight is 501 g/mol. The third kappa shape index (κ3) is 7.46. The highest BCUT2D eigenvalue weighted by Crippen LogP contribution is 2.31. The first-order chi connectivity index (χ1) is 16.8. The number of ketones is 1. The second-order valence-electron chi connectivity index (χ2n) is 7.84. The number of carboxylic acids is 1. The van der Waals surface area contributed by atoms with Crippen LogP contribution in [-0.4, -0.2) is 58.5 Å². The summed E-state index contributed by atoms with van der Waals surface area (Å²) in [5, 5.41) is 12.5. The van der Waals surface area contributed by atoms with Gasteiger partial charge in [0.15, 0.2) is 5.78 Å². The Morgan fingerprint density at radius 1 is 1.26 bits per heavy atom. The number of nitrogens with zero attached hydrogens (tertiary/aromatic N) is 3. The molecule has 0 aliphatic rings. The van der Waals surface area contributed by atoms with Crippen LogP contribution in [0, 0.1) is 5.82 Å². The van der Waals surface area contributed by atoms with Gasteiger partial charge in [-0.25, -0.2) is 14.4 Å². The van der Waals surface area contributed by atoms with Crippen LogP contribution < -0.4 is 10.1 Å². The number of aromatic nitrogens is 2. The molecule has 1 aromatic heterocycles. The highest BCUT2D eigenvalue weighted by Gasteiger charge is 2.14. The van der Waals surface area contributed by atoms with Gasteiger partial charge in [-0.2, -0.15) is 0 Å². The largest absolute Gasteiger partial charge is 0.494 e. The van der Waals surface area contributed by atoms with E-state index in [9.17, 15) is 14.0 Å². The van der Waals surface area contributed by atoms with Gasteiger partial charge in [0.1, 0.15) is 23.7 Å². The van der Waals surface area contributed by atoms with Crippen molar-refractivity contribution in [3.05, 3.63) is 65.2 Å². The zero-order chi connectivity index (χ0) is 25.4. The van der Waals surface area contributed by atoms with E-state index >= 15 is 0 Å². The summed E-state index contributed by atoms with van der Waals surface area (Å²) < 4.78 is 19.3. The number of benzene rings is 2. The number of carbonyl (C=O) groups is 2. The van der Waals surface area contributed by atoms with Crippen LogP contribution in [-0.2, 0) is 16.0 Å². The van der Waals surface area contributed by atoms with Crippen molar-refractivity contribution in [3.63, 3.8) is 0 Å². The van der Waals surface area contributed by atoms with Gasteiger partial charge in [0.2, 0.25) is 0 Å². The summed E-state index contributed by atoms with van der Waals surface area (Å²) >= 11 is 5.89. The molecule has 0 saturated carbocycles. The smallest absolute Gasteiger partial charge is 0.304 e. The lowest BCUT2D eigenvalue weighted by Gasteiger charge is -2.14. The summed E-state index contributed by atoms with van der Waals surface area (Å²) in [6, 6.07) is 7.83. The quantitative estimate of drug-likeness (QED) is 0.347. The van der Waals surface area contributed by atoms with E-state index in [0.717, 1.165) is 0 Å². The third-order valence-electron chi connectivity index (χ3n) is 5.09. The standard InChI is InChI=1S/C25H26ClFN4O4/c1-3-35-23-14-22-19(25(29-15-28-22)30-17-6-7-21(27)20(26)13-17)12-16(23)11-18(32)5-4-9-31(2)10-8-24(33)34/h4-7,12-15H,3,8-11H2,1-2H3,(H,33,34)(H,28,29,30)/b5-4+. The van der Waals surface area contributed by atoms with Crippen LogP contribution in [0.3, 0.4) is 0 Å². The Kier molecular flexibility index (Phi) is 9.11. The van der Waals surface area contributed by atoms with Crippen molar-refractivity contribution in [2.75, 3.05) is 32.1 Å². The second-order valence-corrected chi connectivity index (χ2v) is 8.24. The molecule has 2 aromatic carbocycles. The Balaban J connectivity index is 1.82. The summed E-state index contributed by atoms with van der Waals surface area (Å²) in [5.74, 6) is -0.487. The molecule has 184 valence electrons. The van der Waals surface area contributed by atoms with Crippen molar-refractivity contribution in [3.8, 4) is 5.75 Å². The number of carbonyl (C=O) groups excluding carboxylic acids is 1. The van der Waals surface area contributed by atoms with E-state index in [-0.39, 0.29) is 23.6 Å². The fourth-order valence-corrected chi connectivity index (χ4v) is 3.54. The summed E-state index contributed by atoms with van der Waals surface area (Å²) in [5.41, 5.74) is 1.84. The van der Waals surface area contributed by atoms with Crippen molar-refractivity contribution < 1.29 is 23.8 Å². The summed E-state index contributed by atoms with van der Waals surface area (Å²) in [6.07, 6.45) is 4.73. The Bertz CT molecular complexity index is 1250. The maximum atomic E-state index is 13.5. The topological polar surface area (TPSA) is 105 Å². The number of fused-ring (bicyclic) bond motifs is 1. The van der Waals surface area contributed by atoms with Gasteiger partial charge in [-0.15, -0.1) is 0 Å². The minimum absolute atomic E-state index is 0.0151. The molecule has 0 saturated heterocycles. The maximum absolute atomic E-state index is 13.5. The molecule has 0 aliphatic carbocycles. The van der Waals surface area contributed by atoms with Gasteiger partial charge >= 0.3 is 5.97 Å². The number of anilines is 2. The number of hydrogen-bond acceptors (Lipinski definition) is 7. The number of halogens is 2. The summed E-state index contributed by atoms with van der Waals surface area (Å²) in [7, 11) is 1.79. The Hall–Kier alpha value is -3.56. The van der Waals surface area contributed by atoms with E-state index < -0.39 is 11.8 Å². The van der Waals surface area contributed by atoms with Gasteiger partial charge < -0.3 is 20.1 Å². The van der Waals surface area contributed by atoms with Gasteiger partial charge in [-0.05, 0) is 44.3 Å². The molecule has 0 unspecified atom stereocenters. The van der Waals surface area contributed by atoms with Crippen molar-refractivity contribution in [1.29, 1.82) is 0 Å². The van der Waals surface area contributed by atoms with Crippen LogP contribution in [0.1, 0.15) is 18.9 Å². The van der Waals surface area contributed by atoms with Gasteiger partial charge in [-0.3, -0.25) is 9.59 Å². The lowest BCUT2D eigenvalue weighted by molar-refractivity contribution is -0.137. The van der Waals surface area contributed by atoms with Gasteiger partial charge in [0.05, 0.1) is 23.6 Å². The minimum Gasteiger partial charge on any atom is -0.494 e. The molecule has 3 aromatic rings. The first-order valence-corrected chi connectivity index (χ1v) is 11.4. The predicted molar refractivity (Wildman–Crippen MR) is 133 cm³/mol. The average Bonchev–Trinajstić information content (AvgIpc) is 2.81. The molecule has 0 amide bonds. The van der Waals surface area contributed by atoms with Crippen LogP contribution in [0.4, 0.5) is 15.9 Å². The number of nitrogens with one attached hydrogen (secondary N) is 1. The number of likely N-dealkylation sites (N-methyl/N-ethyl adjacent to an activating group) is 1. The predicted octanol–water partition coefficient (Wildman–Crippen LogP) is 4.64. The van der Waals surface area contributed by atoms with E-state index in [0.29, 0.717) is 53.4 Å². The van der Waals surface area contributed by atoms with Crippen LogP contribution in [0.15, 0.2) is 48.8 Å². The molecule has 2 N–H and O–H groups in total. The molecule has 10 heteroatoms. The molecule has 0 fully saturated rings. The molecule has 0 bridgehead atoms. The fourth-order valence-electron chi connectivity index (χ4n) is 3.36. The number of allylic oxidation sites excluding steroid dienone is 1. The highest BCUT2D eigenvalue weighted by molar-refractivity contribution is 6.31. The summed E-state index contributed by atoms with van der Waals surface area (Å²) in [4.78, 5) is 33.8. The molecular formula is C25H26ClFN4O4. The number of aliphatic carboxylic acids is 1. The summed E-state index contributed by atoms with van der Waals surface area (Å²) in [6.45, 7) is 3.12. The van der Waals surface area contributed by atoms with E-state index in [4.69, 9.17) is 21.4 Å². The van der Waals surface area contributed by atoms with Crippen LogP contribution in [0.5, 0.6) is 5.75 Å². The first kappa shape index (κ1) is 26.1. The lowest BCUT2D eigenvalue weighted by atomic mass is 10.0. The highest BCUT2D eigenvalue weighted by atomic mass is 35.5. The van der Waals surface area contributed by atoms with Gasteiger partial charge in [0, 0.05) is 42.2 Å². The molecular weight excluding hydrogens is 475 g/mol. The van der Waals surface area contributed by atoms with Crippen molar-refractivity contribution in [2.45, 2.75) is 19.8 Å². The number of carboxylic acid groups (broad SMARTS) is 1. The molecule has 0 atom stereocenters. The zero-order valence-corrected chi connectivity index (χ0v) is 20.2. The van der Waals surface area contributed by atoms with Gasteiger partial charge in [-0.1, -0.05) is 17.7 Å². The maximum Gasteiger partial charge on any atom is 0.304 e. The van der Waals surface area contributed by atoms with Gasteiger partial charge in [0.25, 0.3) is 0 Å². The Labute approximate surface area is 207 Å². The monoisotopic (exact) mass is 500 g/mol. The molecule has 8 nitrogen and oxygen atoms in total. The number of rotatable bonds is 12. The van der Waals surface area contributed by atoms with Crippen LogP contribution in [0.2, 0.25) is 5.02 Å². The third-order valence-corrected chi connectivity index (χ3v) is 5.38. The molecule has 1 heterocycles. The SMILES string of the molecule is CCOc1cc2ncnc(Nc3ccc(F)c(Cl)c3)c2cc1CC(=O)/C=C/CN(C)CCC(=O)O. The van der Waals surface area contributed by atoms with Crippen LogP contribution >= 0.6 is 11.6 Å². The van der Waals surface area contributed by atoms with Crippen molar-refractivity contribution in [2.24, 2.45) is 0 Å². The molecule has 3 rings (SSSR count). The number of hydrogen-bond donors (Lipinski definition) is 2. The van der Waals surface area contributed by atoms with Crippen molar-refractivity contribution >= 4 is 45.8 Å². The van der Waals surface area contributed by atoms with E-state index in [1.54, 1.807) is 31.3 Å². The van der Waals surface area contributed by atoms with Crippen LogP contribution in [0.25, 0.3) is 10.9 Å². The molecule has 0 radical (unpaired) electrons. The van der Waals surface area contributed by atoms with E-state index in [2.05, 4.69) is 15.3 Å². The normalized spacial score (nSPS) is 11.3. The van der Waals surface area contributed by atoms with Crippen molar-refractivity contribution in [1.82, 2.24) is 14.9 Å². The second kappa shape index (κ2) is 12.2. The van der Waals surface area contributed by atoms with E-state index in [1.807, 2.05) is 11.8 Å². The molecule has 0 aliphatic heterocycles. The zero-order valence-electron chi connectivity index (χ0n) is 19.4. The first-order valence-electron chi connectivity index (χ1n) is 11.0. The Morgan fingerprint density at radius 3 is 2.77 bits per heavy atom. The lowest BCUT2D eigenvalue weighted by Crippen LogP contribution is -2.21. The molecule has 35 heavy (non-hydrogen) atoms.